The van der Waals surface area contributed by atoms with Crippen LogP contribution in [0.1, 0.15) is 78.7 Å². The summed E-state index contributed by atoms with van der Waals surface area (Å²) in [6.07, 6.45) is 5.00. The second-order valence-corrected chi connectivity index (χ2v) is 7.25. The van der Waals surface area contributed by atoms with Gasteiger partial charge in [0.25, 0.3) is 0 Å². The number of hydrogen-bond acceptors (Lipinski definition) is 4. The van der Waals surface area contributed by atoms with E-state index in [4.69, 9.17) is 5.11 Å². The van der Waals surface area contributed by atoms with Gasteiger partial charge in [-0.1, -0.05) is 57.4 Å². The van der Waals surface area contributed by atoms with Crippen LogP contribution in [0.5, 0.6) is 0 Å². The Balaban J connectivity index is 2.35. The molecule has 0 radical (unpaired) electrons. The first-order chi connectivity index (χ1) is 14.0. The number of unbranched alkanes of at least 4 members (excludes halogenated alkanes) is 3. The standard InChI is InChI=1S/C24H31NO4/c1-3-5-9-17-25(22(26)12-6-4-2)21-11-8-7-10-20(21)23(27)18-13-15-19(16-14-18)24(28)29/h7-8,10-11,13-16,22,26H,3-6,9,12,17H2,1-2H3,(H,28,29). The molecule has 0 fully saturated rings. The normalized spacial score (nSPS) is 11.8. The lowest BCUT2D eigenvalue weighted by molar-refractivity contribution is 0.0696. The average Bonchev–Trinajstić information content (AvgIpc) is 2.74. The fourth-order valence-electron chi connectivity index (χ4n) is 3.34. The summed E-state index contributed by atoms with van der Waals surface area (Å²) in [7, 11) is 0. The second kappa shape index (κ2) is 11.4. The minimum atomic E-state index is -1.02. The molecule has 5 heteroatoms. The fraction of sp³-hybridized carbons (Fsp3) is 0.417. The minimum Gasteiger partial charge on any atom is -0.478 e. The molecule has 2 aromatic rings. The third-order valence-electron chi connectivity index (χ3n) is 5.03. The molecule has 0 bridgehead atoms. The summed E-state index contributed by atoms with van der Waals surface area (Å²) in [5, 5.41) is 19.9. The number of carbonyl (C=O) groups is 2. The summed E-state index contributed by atoms with van der Waals surface area (Å²) in [5.74, 6) is -1.20. The van der Waals surface area contributed by atoms with E-state index in [0.717, 1.165) is 37.8 Å². The number of ketones is 1. The van der Waals surface area contributed by atoms with Crippen LogP contribution in [0.3, 0.4) is 0 Å². The van der Waals surface area contributed by atoms with Gasteiger partial charge in [0.05, 0.1) is 5.56 Å². The Bertz CT molecular complexity index is 801. The Morgan fingerprint density at radius 3 is 2.14 bits per heavy atom. The van der Waals surface area contributed by atoms with E-state index in [9.17, 15) is 14.7 Å². The van der Waals surface area contributed by atoms with Gasteiger partial charge >= 0.3 is 5.97 Å². The maximum absolute atomic E-state index is 13.2. The van der Waals surface area contributed by atoms with E-state index in [1.165, 1.54) is 24.3 Å². The number of hydrogen-bond donors (Lipinski definition) is 2. The van der Waals surface area contributed by atoms with Gasteiger partial charge in [0.2, 0.25) is 0 Å². The lowest BCUT2D eigenvalue weighted by Crippen LogP contribution is -2.37. The molecule has 0 spiro atoms. The van der Waals surface area contributed by atoms with Crippen molar-refractivity contribution in [3.05, 3.63) is 65.2 Å². The van der Waals surface area contributed by atoms with Crippen molar-refractivity contribution in [1.29, 1.82) is 0 Å². The first kappa shape index (κ1) is 22.6. The number of anilines is 1. The van der Waals surface area contributed by atoms with Gasteiger partial charge in [-0.3, -0.25) is 4.79 Å². The molecule has 1 atom stereocenters. The Hall–Kier alpha value is -2.66. The summed E-state index contributed by atoms with van der Waals surface area (Å²) in [4.78, 5) is 26.2. The Morgan fingerprint density at radius 1 is 0.897 bits per heavy atom. The summed E-state index contributed by atoms with van der Waals surface area (Å²) >= 11 is 0. The van der Waals surface area contributed by atoms with Gasteiger partial charge < -0.3 is 15.1 Å². The first-order valence-electron chi connectivity index (χ1n) is 10.4. The van der Waals surface area contributed by atoms with Crippen LogP contribution in [0.15, 0.2) is 48.5 Å². The molecule has 2 aromatic carbocycles. The van der Waals surface area contributed by atoms with Crippen molar-refractivity contribution in [2.45, 2.75) is 58.6 Å². The van der Waals surface area contributed by atoms with Crippen molar-refractivity contribution in [2.75, 3.05) is 11.4 Å². The smallest absolute Gasteiger partial charge is 0.335 e. The predicted molar refractivity (Wildman–Crippen MR) is 116 cm³/mol. The van der Waals surface area contributed by atoms with Gasteiger partial charge in [0.1, 0.15) is 6.23 Å². The van der Waals surface area contributed by atoms with Crippen LogP contribution in [-0.4, -0.2) is 34.7 Å². The molecule has 0 aliphatic heterocycles. The highest BCUT2D eigenvalue weighted by atomic mass is 16.4. The van der Waals surface area contributed by atoms with Gasteiger partial charge in [0.15, 0.2) is 5.78 Å². The van der Waals surface area contributed by atoms with Gasteiger partial charge in [0, 0.05) is 23.4 Å². The lowest BCUT2D eigenvalue weighted by atomic mass is 9.99. The Kier molecular flexibility index (Phi) is 8.87. The molecule has 29 heavy (non-hydrogen) atoms. The molecule has 0 saturated carbocycles. The van der Waals surface area contributed by atoms with Gasteiger partial charge in [-0.05, 0) is 43.5 Å². The van der Waals surface area contributed by atoms with Crippen LogP contribution in [0.25, 0.3) is 0 Å². The zero-order chi connectivity index (χ0) is 21.2. The molecular formula is C24H31NO4. The summed E-state index contributed by atoms with van der Waals surface area (Å²) in [6, 6.07) is 13.3. The highest BCUT2D eigenvalue weighted by Gasteiger charge is 2.22. The molecule has 2 N–H and O–H groups in total. The van der Waals surface area contributed by atoms with Crippen molar-refractivity contribution in [1.82, 2.24) is 0 Å². The number of aliphatic hydroxyl groups excluding tert-OH is 1. The third kappa shape index (κ3) is 6.16. The van der Waals surface area contributed by atoms with E-state index in [1.807, 2.05) is 23.1 Å². The molecule has 2 rings (SSSR count). The summed E-state index contributed by atoms with van der Waals surface area (Å²) < 4.78 is 0. The average molecular weight is 398 g/mol. The molecule has 1 unspecified atom stereocenters. The number of aliphatic hydroxyl groups is 1. The molecule has 0 heterocycles. The molecule has 0 amide bonds. The molecule has 156 valence electrons. The van der Waals surface area contributed by atoms with Crippen LogP contribution >= 0.6 is 0 Å². The third-order valence-corrected chi connectivity index (χ3v) is 5.03. The Morgan fingerprint density at radius 2 is 1.52 bits per heavy atom. The minimum absolute atomic E-state index is 0.144. The predicted octanol–water partition coefficient (Wildman–Crippen LogP) is 5.12. The molecule has 0 aliphatic rings. The van der Waals surface area contributed by atoms with Crippen molar-refractivity contribution in [3.8, 4) is 0 Å². The van der Waals surface area contributed by atoms with E-state index in [2.05, 4.69) is 13.8 Å². The fourth-order valence-corrected chi connectivity index (χ4v) is 3.34. The number of benzene rings is 2. The van der Waals surface area contributed by atoms with Crippen LogP contribution in [-0.2, 0) is 0 Å². The van der Waals surface area contributed by atoms with E-state index < -0.39 is 12.2 Å². The van der Waals surface area contributed by atoms with E-state index in [-0.39, 0.29) is 11.3 Å². The van der Waals surface area contributed by atoms with Crippen LogP contribution in [0.4, 0.5) is 5.69 Å². The zero-order valence-electron chi connectivity index (χ0n) is 17.3. The largest absolute Gasteiger partial charge is 0.478 e. The first-order valence-corrected chi connectivity index (χ1v) is 10.4. The topological polar surface area (TPSA) is 77.8 Å². The van der Waals surface area contributed by atoms with Crippen LogP contribution in [0, 0.1) is 0 Å². The zero-order valence-corrected chi connectivity index (χ0v) is 17.3. The number of para-hydroxylation sites is 1. The van der Waals surface area contributed by atoms with Gasteiger partial charge in [-0.15, -0.1) is 0 Å². The number of carboxylic acid groups (broad SMARTS) is 1. The lowest BCUT2D eigenvalue weighted by Gasteiger charge is -2.32. The number of aromatic carboxylic acids is 1. The number of carboxylic acids is 1. The molecule has 0 saturated heterocycles. The van der Waals surface area contributed by atoms with Crippen molar-refractivity contribution >= 4 is 17.4 Å². The number of rotatable bonds is 12. The SMILES string of the molecule is CCCCCN(c1ccccc1C(=O)c1ccc(C(=O)O)cc1)C(O)CCCC. The maximum atomic E-state index is 13.2. The van der Waals surface area contributed by atoms with Crippen LogP contribution < -0.4 is 4.90 Å². The van der Waals surface area contributed by atoms with Gasteiger partial charge in [-0.25, -0.2) is 4.79 Å². The van der Waals surface area contributed by atoms with E-state index >= 15 is 0 Å². The van der Waals surface area contributed by atoms with Gasteiger partial charge in [-0.2, -0.15) is 0 Å². The summed E-state index contributed by atoms with van der Waals surface area (Å²) in [5.41, 5.74) is 1.81. The number of carbonyl (C=O) groups excluding carboxylic acids is 1. The molecule has 0 aliphatic carbocycles. The number of nitrogens with zero attached hydrogens (tertiary/aromatic N) is 1. The summed E-state index contributed by atoms with van der Waals surface area (Å²) in [6.45, 7) is 4.91. The molecule has 0 aromatic heterocycles. The van der Waals surface area contributed by atoms with Crippen molar-refractivity contribution < 1.29 is 19.8 Å². The van der Waals surface area contributed by atoms with Crippen molar-refractivity contribution in [3.63, 3.8) is 0 Å². The van der Waals surface area contributed by atoms with Crippen molar-refractivity contribution in [2.24, 2.45) is 0 Å². The van der Waals surface area contributed by atoms with E-state index in [0.29, 0.717) is 24.1 Å². The van der Waals surface area contributed by atoms with Crippen LogP contribution in [0.2, 0.25) is 0 Å². The Labute approximate surface area is 173 Å². The van der Waals surface area contributed by atoms with E-state index in [1.54, 1.807) is 6.07 Å². The highest BCUT2D eigenvalue weighted by molar-refractivity contribution is 6.12. The second-order valence-electron chi connectivity index (χ2n) is 7.25. The molecular weight excluding hydrogens is 366 g/mol. The molecule has 5 nitrogen and oxygen atoms in total. The maximum Gasteiger partial charge on any atom is 0.335 e. The highest BCUT2D eigenvalue weighted by Crippen LogP contribution is 2.27. The quantitative estimate of drug-likeness (QED) is 0.295. The monoisotopic (exact) mass is 397 g/mol.